The van der Waals surface area contributed by atoms with Crippen LogP contribution in [-0.2, 0) is 6.61 Å². The number of hydrogen-bond donors (Lipinski definition) is 1. The molecule has 0 amide bonds. The number of nitrogens with zero attached hydrogens (tertiary/aromatic N) is 3. The van der Waals surface area contributed by atoms with Crippen LogP contribution in [0.5, 0.6) is 0 Å². The van der Waals surface area contributed by atoms with Crippen LogP contribution >= 0.6 is 0 Å². The SMILES string of the molecule is CC(C)c1ccc(-c2nnc(CO)n2C2CC2)cc1. The van der Waals surface area contributed by atoms with Crippen LogP contribution in [0.1, 0.15) is 50.0 Å². The highest BCUT2D eigenvalue weighted by molar-refractivity contribution is 5.56. The molecule has 3 rings (SSSR count). The van der Waals surface area contributed by atoms with E-state index in [0.717, 1.165) is 24.2 Å². The molecular weight excluding hydrogens is 238 g/mol. The van der Waals surface area contributed by atoms with Gasteiger partial charge in [0.2, 0.25) is 0 Å². The Kier molecular flexibility index (Phi) is 3.11. The second-order valence-electron chi connectivity index (χ2n) is 5.48. The van der Waals surface area contributed by atoms with Gasteiger partial charge in [0.05, 0.1) is 0 Å². The summed E-state index contributed by atoms with van der Waals surface area (Å²) in [6.07, 6.45) is 2.31. The number of benzene rings is 1. The zero-order chi connectivity index (χ0) is 13.4. The smallest absolute Gasteiger partial charge is 0.164 e. The van der Waals surface area contributed by atoms with Gasteiger partial charge in [0.15, 0.2) is 11.6 Å². The molecular formula is C15H19N3O. The average molecular weight is 257 g/mol. The highest BCUT2D eigenvalue weighted by atomic mass is 16.3. The van der Waals surface area contributed by atoms with Crippen molar-refractivity contribution in [3.63, 3.8) is 0 Å². The van der Waals surface area contributed by atoms with E-state index in [1.165, 1.54) is 5.56 Å². The summed E-state index contributed by atoms with van der Waals surface area (Å²) in [5.74, 6) is 2.08. The van der Waals surface area contributed by atoms with Gasteiger partial charge in [-0.1, -0.05) is 38.1 Å². The van der Waals surface area contributed by atoms with Gasteiger partial charge in [-0.25, -0.2) is 0 Å². The fourth-order valence-corrected chi connectivity index (χ4v) is 2.36. The highest BCUT2D eigenvalue weighted by Gasteiger charge is 2.29. The van der Waals surface area contributed by atoms with E-state index in [-0.39, 0.29) is 6.61 Å². The quantitative estimate of drug-likeness (QED) is 0.916. The largest absolute Gasteiger partial charge is 0.388 e. The molecule has 0 saturated heterocycles. The molecule has 19 heavy (non-hydrogen) atoms. The van der Waals surface area contributed by atoms with Gasteiger partial charge in [-0.15, -0.1) is 10.2 Å². The lowest BCUT2D eigenvalue weighted by atomic mass is 10.0. The predicted octanol–water partition coefficient (Wildman–Crippen LogP) is 2.90. The zero-order valence-corrected chi connectivity index (χ0v) is 11.4. The monoisotopic (exact) mass is 257 g/mol. The van der Waals surface area contributed by atoms with E-state index in [1.54, 1.807) is 0 Å². The normalized spacial score (nSPS) is 15.2. The molecule has 4 heteroatoms. The third-order valence-electron chi connectivity index (χ3n) is 3.66. The number of aliphatic hydroxyl groups is 1. The van der Waals surface area contributed by atoms with E-state index < -0.39 is 0 Å². The van der Waals surface area contributed by atoms with Crippen molar-refractivity contribution in [2.24, 2.45) is 0 Å². The summed E-state index contributed by atoms with van der Waals surface area (Å²) < 4.78 is 2.09. The van der Waals surface area contributed by atoms with E-state index in [1.807, 2.05) is 0 Å². The molecule has 0 atom stereocenters. The van der Waals surface area contributed by atoms with Crippen molar-refractivity contribution in [1.82, 2.24) is 14.8 Å². The van der Waals surface area contributed by atoms with Crippen molar-refractivity contribution in [3.05, 3.63) is 35.7 Å². The first-order valence-corrected chi connectivity index (χ1v) is 6.85. The number of hydrogen-bond acceptors (Lipinski definition) is 3. The lowest BCUT2D eigenvalue weighted by molar-refractivity contribution is 0.265. The summed E-state index contributed by atoms with van der Waals surface area (Å²) in [6, 6.07) is 8.95. The molecule has 100 valence electrons. The third kappa shape index (κ3) is 2.28. The van der Waals surface area contributed by atoms with Crippen molar-refractivity contribution in [1.29, 1.82) is 0 Å². The van der Waals surface area contributed by atoms with Crippen LogP contribution in [0.25, 0.3) is 11.4 Å². The predicted molar refractivity (Wildman–Crippen MR) is 73.7 cm³/mol. The van der Waals surface area contributed by atoms with Gasteiger partial charge in [0.1, 0.15) is 6.61 Å². The highest BCUT2D eigenvalue weighted by Crippen LogP contribution is 2.39. The number of aromatic nitrogens is 3. The van der Waals surface area contributed by atoms with Crippen LogP contribution < -0.4 is 0 Å². The van der Waals surface area contributed by atoms with Crippen molar-refractivity contribution in [2.45, 2.75) is 45.3 Å². The van der Waals surface area contributed by atoms with Gasteiger partial charge in [-0.05, 0) is 24.3 Å². The first-order chi connectivity index (χ1) is 9.20. The van der Waals surface area contributed by atoms with Gasteiger partial charge in [-0.3, -0.25) is 0 Å². The standard InChI is InChI=1S/C15H19N3O/c1-10(2)11-3-5-12(6-4-11)15-17-16-14(9-19)18(15)13-7-8-13/h3-6,10,13,19H,7-9H2,1-2H3. The number of aliphatic hydroxyl groups excluding tert-OH is 1. The molecule has 0 radical (unpaired) electrons. The molecule has 1 aromatic carbocycles. The van der Waals surface area contributed by atoms with Crippen LogP contribution in [0.2, 0.25) is 0 Å². The third-order valence-corrected chi connectivity index (χ3v) is 3.66. The molecule has 0 spiro atoms. The Hall–Kier alpha value is -1.68. The molecule has 2 aromatic rings. The topological polar surface area (TPSA) is 50.9 Å². The molecule has 4 nitrogen and oxygen atoms in total. The molecule has 1 heterocycles. The Morgan fingerprint density at radius 1 is 1.21 bits per heavy atom. The maximum atomic E-state index is 9.35. The second kappa shape index (κ2) is 4.78. The summed E-state index contributed by atoms with van der Waals surface area (Å²) in [6.45, 7) is 4.32. The maximum Gasteiger partial charge on any atom is 0.164 e. The minimum Gasteiger partial charge on any atom is -0.388 e. The lowest BCUT2D eigenvalue weighted by Gasteiger charge is -2.09. The van der Waals surface area contributed by atoms with Crippen molar-refractivity contribution < 1.29 is 5.11 Å². The van der Waals surface area contributed by atoms with Gasteiger partial charge >= 0.3 is 0 Å². The lowest BCUT2D eigenvalue weighted by Crippen LogP contribution is -2.03. The molecule has 1 saturated carbocycles. The summed E-state index contributed by atoms with van der Waals surface area (Å²) in [4.78, 5) is 0. The van der Waals surface area contributed by atoms with Crippen molar-refractivity contribution in [3.8, 4) is 11.4 Å². The first-order valence-electron chi connectivity index (χ1n) is 6.85. The molecule has 1 aliphatic carbocycles. The van der Waals surface area contributed by atoms with Gasteiger partial charge in [-0.2, -0.15) is 0 Å². The average Bonchev–Trinajstić information content (AvgIpc) is 3.17. The van der Waals surface area contributed by atoms with Crippen molar-refractivity contribution >= 4 is 0 Å². The Morgan fingerprint density at radius 2 is 1.89 bits per heavy atom. The second-order valence-corrected chi connectivity index (χ2v) is 5.48. The van der Waals surface area contributed by atoms with Crippen LogP contribution in [0.4, 0.5) is 0 Å². The van der Waals surface area contributed by atoms with Gasteiger partial charge in [0.25, 0.3) is 0 Å². The zero-order valence-electron chi connectivity index (χ0n) is 11.4. The molecule has 1 aromatic heterocycles. The number of rotatable bonds is 4. The van der Waals surface area contributed by atoms with Crippen LogP contribution in [0.15, 0.2) is 24.3 Å². The Morgan fingerprint density at radius 3 is 2.42 bits per heavy atom. The summed E-state index contributed by atoms with van der Waals surface area (Å²) in [7, 11) is 0. The van der Waals surface area contributed by atoms with E-state index >= 15 is 0 Å². The van der Waals surface area contributed by atoms with E-state index in [2.05, 4.69) is 52.9 Å². The van der Waals surface area contributed by atoms with Crippen LogP contribution in [0.3, 0.4) is 0 Å². The Bertz CT molecular complexity index is 568. The molecule has 0 aliphatic heterocycles. The molecule has 1 aliphatic rings. The molecule has 0 unspecified atom stereocenters. The first kappa shape index (κ1) is 12.4. The van der Waals surface area contributed by atoms with Gasteiger partial charge < -0.3 is 9.67 Å². The van der Waals surface area contributed by atoms with Crippen LogP contribution in [-0.4, -0.2) is 19.9 Å². The fourth-order valence-electron chi connectivity index (χ4n) is 2.36. The molecule has 1 fully saturated rings. The van der Waals surface area contributed by atoms with E-state index in [9.17, 15) is 5.11 Å². The Balaban J connectivity index is 1.99. The molecule has 1 N–H and O–H groups in total. The summed E-state index contributed by atoms with van der Waals surface area (Å²) in [5.41, 5.74) is 2.40. The summed E-state index contributed by atoms with van der Waals surface area (Å²) in [5, 5.41) is 17.7. The van der Waals surface area contributed by atoms with Crippen molar-refractivity contribution in [2.75, 3.05) is 0 Å². The maximum absolute atomic E-state index is 9.35. The minimum absolute atomic E-state index is 0.0480. The Labute approximate surface area is 113 Å². The van der Waals surface area contributed by atoms with E-state index in [0.29, 0.717) is 17.8 Å². The van der Waals surface area contributed by atoms with E-state index in [4.69, 9.17) is 0 Å². The summed E-state index contributed by atoms with van der Waals surface area (Å²) >= 11 is 0. The molecule has 0 bridgehead atoms. The fraction of sp³-hybridized carbons (Fsp3) is 0.467. The van der Waals surface area contributed by atoms with Gasteiger partial charge in [0, 0.05) is 11.6 Å². The van der Waals surface area contributed by atoms with Crippen LogP contribution in [0, 0.1) is 0 Å². The minimum atomic E-state index is -0.0480.